The molecule has 0 bridgehead atoms. The highest BCUT2D eigenvalue weighted by atomic mass is 19.1. The standard InChI is InChI=1S/C27H31FN4O3/c1-17-15-31(16-18(2)35-17)24-11-9-20(14-22(24)28)29-26(33)19-8-10-21-23(13-19)30-25-7-5-3-4-6-12-32(25)27(21)34/h8-11,13-14,17-18H,3-7,12,15-16H2,1-2H3,(H,29,33). The SMILES string of the molecule is CC1CN(c2ccc(NC(=O)c3ccc4c(=O)n5c(nc4c3)CCCCCC5)cc2F)CC(C)O1. The van der Waals surface area contributed by atoms with Gasteiger partial charge in [0, 0.05) is 37.3 Å². The number of morpholine rings is 1. The van der Waals surface area contributed by atoms with Crippen LogP contribution in [0.5, 0.6) is 0 Å². The molecule has 2 aliphatic heterocycles. The third-order valence-corrected chi connectivity index (χ3v) is 6.79. The van der Waals surface area contributed by atoms with Crippen LogP contribution in [0.25, 0.3) is 10.9 Å². The van der Waals surface area contributed by atoms with Gasteiger partial charge in [-0.05, 0) is 63.1 Å². The van der Waals surface area contributed by atoms with Gasteiger partial charge in [0.2, 0.25) is 0 Å². The van der Waals surface area contributed by atoms with E-state index in [4.69, 9.17) is 9.72 Å². The van der Waals surface area contributed by atoms with E-state index in [0.29, 0.717) is 47.5 Å². The fourth-order valence-electron chi connectivity index (χ4n) is 5.16. The van der Waals surface area contributed by atoms with E-state index in [1.54, 1.807) is 34.9 Å². The second kappa shape index (κ2) is 9.77. The first kappa shape index (κ1) is 23.5. The van der Waals surface area contributed by atoms with E-state index in [1.165, 1.54) is 6.07 Å². The number of benzene rings is 2. The van der Waals surface area contributed by atoms with E-state index in [9.17, 15) is 14.0 Å². The van der Waals surface area contributed by atoms with Crippen LogP contribution in [0.15, 0.2) is 41.2 Å². The van der Waals surface area contributed by atoms with Crippen LogP contribution in [0.1, 0.15) is 55.7 Å². The predicted molar refractivity (Wildman–Crippen MR) is 135 cm³/mol. The van der Waals surface area contributed by atoms with E-state index < -0.39 is 5.82 Å². The van der Waals surface area contributed by atoms with Crippen LogP contribution in [-0.4, -0.2) is 40.8 Å². The highest BCUT2D eigenvalue weighted by Gasteiger charge is 2.24. The molecule has 184 valence electrons. The average Bonchev–Trinajstić information content (AvgIpc) is 2.79. The van der Waals surface area contributed by atoms with Crippen LogP contribution in [0.2, 0.25) is 0 Å². The first-order valence-corrected chi connectivity index (χ1v) is 12.4. The third-order valence-electron chi connectivity index (χ3n) is 6.79. The molecule has 2 aliphatic rings. The van der Waals surface area contributed by atoms with Gasteiger partial charge < -0.3 is 15.0 Å². The van der Waals surface area contributed by atoms with Crippen LogP contribution < -0.4 is 15.8 Å². The molecule has 0 aliphatic carbocycles. The van der Waals surface area contributed by atoms with Crippen molar-refractivity contribution in [3.05, 3.63) is 64.0 Å². The largest absolute Gasteiger partial charge is 0.372 e. The molecule has 3 aromatic rings. The number of aromatic nitrogens is 2. The molecule has 1 N–H and O–H groups in total. The fraction of sp³-hybridized carbons (Fsp3) is 0.444. The molecule has 0 spiro atoms. The molecule has 1 aromatic heterocycles. The number of rotatable bonds is 3. The molecule has 2 aromatic carbocycles. The van der Waals surface area contributed by atoms with E-state index in [0.717, 1.165) is 37.9 Å². The van der Waals surface area contributed by atoms with E-state index in [-0.39, 0.29) is 23.7 Å². The lowest BCUT2D eigenvalue weighted by Gasteiger charge is -2.37. The summed E-state index contributed by atoms with van der Waals surface area (Å²) in [6, 6.07) is 9.67. The quantitative estimate of drug-likeness (QED) is 0.599. The van der Waals surface area contributed by atoms with Crippen LogP contribution in [0.3, 0.4) is 0 Å². The maximum atomic E-state index is 14.9. The minimum atomic E-state index is -0.393. The summed E-state index contributed by atoms with van der Waals surface area (Å²) in [4.78, 5) is 32.7. The maximum absolute atomic E-state index is 14.9. The normalized spacial score (nSPS) is 20.7. The second-order valence-electron chi connectivity index (χ2n) is 9.66. The van der Waals surface area contributed by atoms with Gasteiger partial charge in [0.1, 0.15) is 11.6 Å². The molecule has 35 heavy (non-hydrogen) atoms. The summed E-state index contributed by atoms with van der Waals surface area (Å²) in [5, 5.41) is 3.28. The Balaban J connectivity index is 1.37. The molecule has 3 heterocycles. The van der Waals surface area contributed by atoms with E-state index in [2.05, 4.69) is 5.32 Å². The Morgan fingerprint density at radius 2 is 1.83 bits per heavy atom. The smallest absolute Gasteiger partial charge is 0.261 e. The van der Waals surface area contributed by atoms with Crippen molar-refractivity contribution < 1.29 is 13.9 Å². The van der Waals surface area contributed by atoms with Gasteiger partial charge in [-0.15, -0.1) is 0 Å². The molecule has 0 radical (unpaired) electrons. The molecule has 2 atom stereocenters. The molecular formula is C27H31FN4O3. The molecule has 5 rings (SSSR count). The monoisotopic (exact) mass is 478 g/mol. The van der Waals surface area contributed by atoms with Gasteiger partial charge in [-0.25, -0.2) is 9.37 Å². The van der Waals surface area contributed by atoms with Gasteiger partial charge in [0.25, 0.3) is 11.5 Å². The summed E-state index contributed by atoms with van der Waals surface area (Å²) in [7, 11) is 0. The molecular weight excluding hydrogens is 447 g/mol. The van der Waals surface area contributed by atoms with Gasteiger partial charge in [-0.3, -0.25) is 14.2 Å². The van der Waals surface area contributed by atoms with Crippen molar-refractivity contribution in [1.29, 1.82) is 0 Å². The third kappa shape index (κ3) is 4.93. The molecule has 1 amide bonds. The van der Waals surface area contributed by atoms with Crippen LogP contribution >= 0.6 is 0 Å². The maximum Gasteiger partial charge on any atom is 0.261 e. The number of nitrogens with one attached hydrogen (secondary N) is 1. The van der Waals surface area contributed by atoms with E-state index in [1.807, 2.05) is 18.7 Å². The van der Waals surface area contributed by atoms with Crippen molar-refractivity contribution in [1.82, 2.24) is 9.55 Å². The topological polar surface area (TPSA) is 76.5 Å². The van der Waals surface area contributed by atoms with Crippen molar-refractivity contribution in [2.75, 3.05) is 23.3 Å². The summed E-state index contributed by atoms with van der Waals surface area (Å²) < 4.78 is 22.5. The Morgan fingerprint density at radius 3 is 2.60 bits per heavy atom. The molecule has 0 saturated carbocycles. The number of halogens is 1. The number of nitrogens with zero attached hydrogens (tertiary/aromatic N) is 3. The van der Waals surface area contributed by atoms with Gasteiger partial charge in [0.05, 0.1) is 28.8 Å². The number of fused-ring (bicyclic) bond motifs is 2. The zero-order valence-corrected chi connectivity index (χ0v) is 20.2. The second-order valence-corrected chi connectivity index (χ2v) is 9.66. The first-order chi connectivity index (χ1) is 16.9. The first-order valence-electron chi connectivity index (χ1n) is 12.4. The fourth-order valence-corrected chi connectivity index (χ4v) is 5.16. The Hall–Kier alpha value is -3.26. The molecule has 2 unspecified atom stereocenters. The molecule has 8 heteroatoms. The lowest BCUT2D eigenvalue weighted by molar-refractivity contribution is -0.00539. The van der Waals surface area contributed by atoms with Crippen molar-refractivity contribution in [2.45, 2.75) is 64.7 Å². The highest BCUT2D eigenvalue weighted by Crippen LogP contribution is 2.26. The Labute approximate surface area is 203 Å². The highest BCUT2D eigenvalue weighted by molar-refractivity contribution is 6.06. The number of aryl methyl sites for hydroxylation is 1. The van der Waals surface area contributed by atoms with Gasteiger partial charge in [0.15, 0.2) is 0 Å². The lowest BCUT2D eigenvalue weighted by Crippen LogP contribution is -2.45. The molecule has 1 fully saturated rings. The Morgan fingerprint density at radius 1 is 1.06 bits per heavy atom. The zero-order chi connectivity index (χ0) is 24.5. The van der Waals surface area contributed by atoms with Gasteiger partial charge >= 0.3 is 0 Å². The van der Waals surface area contributed by atoms with Crippen LogP contribution in [0.4, 0.5) is 15.8 Å². The average molecular weight is 479 g/mol. The summed E-state index contributed by atoms with van der Waals surface area (Å²) in [6.07, 6.45) is 5.03. The molecule has 1 saturated heterocycles. The summed E-state index contributed by atoms with van der Waals surface area (Å²) in [5.41, 5.74) is 1.71. The summed E-state index contributed by atoms with van der Waals surface area (Å²) in [6.45, 7) is 5.85. The number of hydrogen-bond acceptors (Lipinski definition) is 5. The van der Waals surface area contributed by atoms with Crippen molar-refractivity contribution in [2.24, 2.45) is 0 Å². The minimum absolute atomic E-state index is 0.0199. The van der Waals surface area contributed by atoms with E-state index >= 15 is 0 Å². The Kier molecular flexibility index (Phi) is 6.56. The number of ether oxygens (including phenoxy) is 1. The van der Waals surface area contributed by atoms with Crippen LogP contribution in [-0.2, 0) is 17.7 Å². The van der Waals surface area contributed by atoms with Gasteiger partial charge in [-0.1, -0.05) is 12.8 Å². The number of carbonyl (C=O) groups excluding carboxylic acids is 1. The lowest BCUT2D eigenvalue weighted by atomic mass is 10.1. The van der Waals surface area contributed by atoms with Crippen molar-refractivity contribution >= 4 is 28.2 Å². The summed E-state index contributed by atoms with van der Waals surface area (Å²) in [5.74, 6) is 0.0152. The zero-order valence-electron chi connectivity index (χ0n) is 20.2. The number of carbonyl (C=O) groups is 1. The predicted octanol–water partition coefficient (Wildman–Crippen LogP) is 4.52. The van der Waals surface area contributed by atoms with Crippen molar-refractivity contribution in [3.8, 4) is 0 Å². The van der Waals surface area contributed by atoms with Crippen LogP contribution in [0, 0.1) is 5.82 Å². The number of amides is 1. The number of hydrogen-bond donors (Lipinski definition) is 1. The Bertz CT molecular complexity index is 1310. The van der Waals surface area contributed by atoms with Gasteiger partial charge in [-0.2, -0.15) is 0 Å². The summed E-state index contributed by atoms with van der Waals surface area (Å²) >= 11 is 0. The number of anilines is 2. The van der Waals surface area contributed by atoms with Crippen molar-refractivity contribution in [3.63, 3.8) is 0 Å². The minimum Gasteiger partial charge on any atom is -0.372 e. The molecule has 7 nitrogen and oxygen atoms in total.